The molecule has 0 aliphatic carbocycles. The lowest BCUT2D eigenvalue weighted by molar-refractivity contribution is 0.390. The average molecular weight is 630 g/mol. The topological polar surface area (TPSA) is 21.1 Å². The molecule has 1 atom stereocenters. The van der Waals surface area contributed by atoms with E-state index in [-0.39, 0.29) is 6.04 Å². The van der Waals surface area contributed by atoms with Crippen LogP contribution < -0.4 is 0 Å². The first-order valence-electron chi connectivity index (χ1n) is 16.9. The largest absolute Gasteiger partial charge is 0.370 e. The molecule has 0 fully saturated rings. The SMILES string of the molecule is Cc1cncc(C2C=C(c3ccc4c(ccc5c6ccc(-c7cccc(-c8ccccc8)c7)cc6n(-c6ccccc6)c45)c3)C=CN2C)c1. The Labute approximate surface area is 286 Å². The van der Waals surface area contributed by atoms with Gasteiger partial charge in [-0.15, -0.1) is 0 Å². The molecule has 0 saturated carbocycles. The number of pyridine rings is 1. The number of benzene rings is 6. The van der Waals surface area contributed by atoms with E-state index >= 15 is 0 Å². The minimum Gasteiger partial charge on any atom is -0.370 e. The molecule has 8 aromatic rings. The third-order valence-electron chi connectivity index (χ3n) is 9.90. The maximum Gasteiger partial charge on any atom is 0.0741 e. The Morgan fingerprint density at radius 3 is 2.08 bits per heavy atom. The maximum absolute atomic E-state index is 4.47. The summed E-state index contributed by atoms with van der Waals surface area (Å²) in [4.78, 5) is 6.71. The molecule has 234 valence electrons. The van der Waals surface area contributed by atoms with Crippen LogP contribution in [0.2, 0.25) is 0 Å². The molecule has 0 bridgehead atoms. The van der Waals surface area contributed by atoms with Gasteiger partial charge in [0.05, 0.1) is 17.1 Å². The molecule has 1 aliphatic rings. The number of aryl methyl sites for hydroxylation is 1. The second kappa shape index (κ2) is 11.8. The van der Waals surface area contributed by atoms with E-state index in [1.54, 1.807) is 0 Å². The minimum atomic E-state index is 0.133. The number of nitrogens with zero attached hydrogens (tertiary/aromatic N) is 3. The Kier molecular flexibility index (Phi) is 6.98. The van der Waals surface area contributed by atoms with Crippen LogP contribution in [0.25, 0.3) is 66.1 Å². The maximum atomic E-state index is 4.47. The highest BCUT2D eigenvalue weighted by molar-refractivity contribution is 6.19. The van der Waals surface area contributed by atoms with Crippen molar-refractivity contribution in [1.82, 2.24) is 14.5 Å². The van der Waals surface area contributed by atoms with Gasteiger partial charge >= 0.3 is 0 Å². The van der Waals surface area contributed by atoms with E-state index in [4.69, 9.17) is 0 Å². The summed E-state index contributed by atoms with van der Waals surface area (Å²) in [5.41, 5.74) is 13.3. The van der Waals surface area contributed by atoms with Gasteiger partial charge in [-0.1, -0.05) is 109 Å². The fourth-order valence-corrected chi connectivity index (χ4v) is 7.45. The zero-order valence-corrected chi connectivity index (χ0v) is 27.6. The monoisotopic (exact) mass is 629 g/mol. The van der Waals surface area contributed by atoms with Crippen molar-refractivity contribution >= 4 is 38.2 Å². The molecule has 3 heteroatoms. The standard InChI is InChI=1S/C46H35N3/c1-31-24-39(30-47-29-31)44-27-37(22-23-48(44)2)35-16-19-41-38(26-35)18-21-43-42-20-17-36(28-45(42)49(46(41)43)40-14-7-4-8-15-40)34-13-9-12-33(25-34)32-10-5-3-6-11-32/h3-30,44H,1-2H3. The van der Waals surface area contributed by atoms with Gasteiger partial charge in [0.1, 0.15) is 0 Å². The van der Waals surface area contributed by atoms with Gasteiger partial charge in [0.2, 0.25) is 0 Å². The zero-order valence-electron chi connectivity index (χ0n) is 27.6. The summed E-state index contributed by atoms with van der Waals surface area (Å²) in [6.45, 7) is 2.10. The molecule has 2 aromatic heterocycles. The zero-order chi connectivity index (χ0) is 32.9. The van der Waals surface area contributed by atoms with E-state index in [2.05, 4.69) is 186 Å². The molecule has 1 unspecified atom stereocenters. The quantitative estimate of drug-likeness (QED) is 0.189. The summed E-state index contributed by atoms with van der Waals surface area (Å²) in [6.07, 6.45) is 10.6. The van der Waals surface area contributed by atoms with Crippen LogP contribution in [-0.2, 0) is 0 Å². The van der Waals surface area contributed by atoms with Gasteiger partial charge in [0, 0.05) is 47.5 Å². The number of rotatable bonds is 5. The highest BCUT2D eigenvalue weighted by atomic mass is 15.1. The molecule has 0 amide bonds. The molecule has 0 saturated heterocycles. The predicted molar refractivity (Wildman–Crippen MR) is 206 cm³/mol. The average Bonchev–Trinajstić information content (AvgIpc) is 3.49. The summed E-state index contributed by atoms with van der Waals surface area (Å²) in [5.74, 6) is 0. The Morgan fingerprint density at radius 1 is 0.571 bits per heavy atom. The second-order valence-electron chi connectivity index (χ2n) is 13.1. The number of aromatic nitrogens is 2. The van der Waals surface area contributed by atoms with E-state index in [1.165, 1.54) is 77.1 Å². The molecular weight excluding hydrogens is 595 g/mol. The van der Waals surface area contributed by atoms with Crippen LogP contribution in [0.5, 0.6) is 0 Å². The molecule has 9 rings (SSSR count). The molecule has 1 aliphatic heterocycles. The summed E-state index contributed by atoms with van der Waals surface area (Å²) in [6, 6.07) is 51.1. The molecule has 0 radical (unpaired) electrons. The molecule has 6 aromatic carbocycles. The van der Waals surface area contributed by atoms with E-state index in [1.807, 2.05) is 12.4 Å². The van der Waals surface area contributed by atoms with Crippen LogP contribution in [0.3, 0.4) is 0 Å². The van der Waals surface area contributed by atoms with E-state index in [0.717, 1.165) is 5.69 Å². The number of likely N-dealkylation sites (N-methyl/N-ethyl adjacent to an activating group) is 1. The second-order valence-corrected chi connectivity index (χ2v) is 13.1. The van der Waals surface area contributed by atoms with Gasteiger partial charge in [0.25, 0.3) is 0 Å². The van der Waals surface area contributed by atoms with Crippen molar-refractivity contribution in [1.29, 1.82) is 0 Å². The van der Waals surface area contributed by atoms with Crippen LogP contribution in [-0.4, -0.2) is 21.5 Å². The van der Waals surface area contributed by atoms with Crippen LogP contribution in [0.4, 0.5) is 0 Å². The lowest BCUT2D eigenvalue weighted by Crippen LogP contribution is -2.20. The lowest BCUT2D eigenvalue weighted by atomic mass is 9.94. The Hall–Kier alpha value is -6.19. The Bertz CT molecular complexity index is 2570. The van der Waals surface area contributed by atoms with Crippen molar-refractivity contribution in [2.24, 2.45) is 0 Å². The van der Waals surface area contributed by atoms with Gasteiger partial charge in [-0.2, -0.15) is 0 Å². The molecule has 0 spiro atoms. The molecule has 3 nitrogen and oxygen atoms in total. The van der Waals surface area contributed by atoms with Crippen molar-refractivity contribution in [2.45, 2.75) is 13.0 Å². The molecule has 3 heterocycles. The first-order valence-corrected chi connectivity index (χ1v) is 16.9. The normalized spacial score (nSPS) is 14.5. The number of para-hydroxylation sites is 1. The van der Waals surface area contributed by atoms with Gasteiger partial charge in [-0.05, 0) is 99.3 Å². The summed E-state index contributed by atoms with van der Waals surface area (Å²) in [5, 5.41) is 4.98. The number of hydrogen-bond donors (Lipinski definition) is 0. The van der Waals surface area contributed by atoms with Crippen LogP contribution in [0, 0.1) is 6.92 Å². The Balaban J connectivity index is 1.20. The summed E-state index contributed by atoms with van der Waals surface area (Å²) < 4.78 is 2.45. The van der Waals surface area contributed by atoms with Crippen molar-refractivity contribution in [3.63, 3.8) is 0 Å². The van der Waals surface area contributed by atoms with Gasteiger partial charge in [0.15, 0.2) is 0 Å². The number of allylic oxidation sites excluding steroid dienone is 2. The third-order valence-corrected chi connectivity index (χ3v) is 9.90. The van der Waals surface area contributed by atoms with Crippen LogP contribution in [0.15, 0.2) is 170 Å². The highest BCUT2D eigenvalue weighted by Crippen LogP contribution is 2.40. The number of fused-ring (bicyclic) bond motifs is 5. The first kappa shape index (κ1) is 29.0. The first-order chi connectivity index (χ1) is 24.1. The molecule has 49 heavy (non-hydrogen) atoms. The van der Waals surface area contributed by atoms with Crippen molar-refractivity contribution in [2.75, 3.05) is 7.05 Å². The van der Waals surface area contributed by atoms with Gasteiger partial charge < -0.3 is 9.47 Å². The van der Waals surface area contributed by atoms with Crippen LogP contribution >= 0.6 is 0 Å². The van der Waals surface area contributed by atoms with E-state index < -0.39 is 0 Å². The van der Waals surface area contributed by atoms with Crippen molar-refractivity contribution in [3.05, 3.63) is 187 Å². The summed E-state index contributed by atoms with van der Waals surface area (Å²) >= 11 is 0. The predicted octanol–water partition coefficient (Wildman–Crippen LogP) is 11.6. The fraction of sp³-hybridized carbons (Fsp3) is 0.0652. The van der Waals surface area contributed by atoms with Crippen molar-refractivity contribution < 1.29 is 0 Å². The fourth-order valence-electron chi connectivity index (χ4n) is 7.45. The number of hydrogen-bond acceptors (Lipinski definition) is 2. The smallest absolute Gasteiger partial charge is 0.0741 e. The van der Waals surface area contributed by atoms with Crippen LogP contribution in [0.1, 0.15) is 22.7 Å². The van der Waals surface area contributed by atoms with Gasteiger partial charge in [-0.3, -0.25) is 4.98 Å². The minimum absolute atomic E-state index is 0.133. The lowest BCUT2D eigenvalue weighted by Gasteiger charge is -2.29. The van der Waals surface area contributed by atoms with E-state index in [9.17, 15) is 0 Å². The third kappa shape index (κ3) is 5.12. The highest BCUT2D eigenvalue weighted by Gasteiger charge is 2.20. The van der Waals surface area contributed by atoms with E-state index in [0.29, 0.717) is 0 Å². The van der Waals surface area contributed by atoms with Crippen molar-refractivity contribution in [3.8, 4) is 27.9 Å². The molecular formula is C46H35N3. The van der Waals surface area contributed by atoms with Gasteiger partial charge in [-0.25, -0.2) is 0 Å². The summed E-state index contributed by atoms with van der Waals surface area (Å²) in [7, 11) is 2.13. The molecule has 0 N–H and O–H groups in total. The Morgan fingerprint density at radius 2 is 1.27 bits per heavy atom.